The molecule has 0 fully saturated rings. The topological polar surface area (TPSA) is 23.5 Å². The fourth-order valence-corrected chi connectivity index (χ4v) is 3.83. The van der Waals surface area contributed by atoms with Crippen molar-refractivity contribution in [3.05, 3.63) is 59.1 Å². The van der Waals surface area contributed by atoms with Gasteiger partial charge in [-0.15, -0.1) is 0 Å². The lowest BCUT2D eigenvalue weighted by Crippen LogP contribution is -2.30. The number of unbranched alkanes of at least 4 members (excludes halogenated alkanes) is 2. The molecular formula is C24H30ClNO. The fraction of sp³-hybridized carbons (Fsp3) is 0.417. The molecule has 0 aliphatic heterocycles. The molecule has 0 spiro atoms. The maximum Gasteiger partial charge on any atom is 0.0917 e. The lowest BCUT2D eigenvalue weighted by atomic mass is 9.98. The summed E-state index contributed by atoms with van der Waals surface area (Å²) >= 11 is 6.23. The van der Waals surface area contributed by atoms with E-state index in [9.17, 15) is 5.11 Å². The van der Waals surface area contributed by atoms with Crippen LogP contribution in [0.4, 0.5) is 0 Å². The van der Waals surface area contributed by atoms with Gasteiger partial charge in [-0.2, -0.15) is 0 Å². The molecule has 3 heteroatoms. The second-order valence-corrected chi connectivity index (χ2v) is 7.87. The first-order valence-corrected chi connectivity index (χ1v) is 10.5. The molecule has 27 heavy (non-hydrogen) atoms. The summed E-state index contributed by atoms with van der Waals surface area (Å²) in [5.41, 5.74) is 0.980. The lowest BCUT2D eigenvalue weighted by Gasteiger charge is -2.25. The van der Waals surface area contributed by atoms with Gasteiger partial charge in [0.05, 0.1) is 6.10 Å². The highest BCUT2D eigenvalue weighted by atomic mass is 35.5. The van der Waals surface area contributed by atoms with Gasteiger partial charge in [-0.1, -0.05) is 68.6 Å². The third-order valence-electron chi connectivity index (χ3n) is 5.30. The molecule has 0 amide bonds. The maximum atomic E-state index is 10.9. The van der Waals surface area contributed by atoms with E-state index in [1.165, 1.54) is 36.5 Å². The third kappa shape index (κ3) is 5.01. The molecular weight excluding hydrogens is 354 g/mol. The molecule has 1 N–H and O–H groups in total. The number of rotatable bonds is 9. The van der Waals surface area contributed by atoms with Crippen LogP contribution in [0.25, 0.3) is 21.5 Å². The van der Waals surface area contributed by atoms with Crippen LogP contribution < -0.4 is 0 Å². The molecule has 2 nitrogen and oxygen atoms in total. The van der Waals surface area contributed by atoms with E-state index >= 15 is 0 Å². The van der Waals surface area contributed by atoms with E-state index in [-0.39, 0.29) is 0 Å². The Kier molecular flexibility index (Phi) is 7.12. The van der Waals surface area contributed by atoms with Crippen LogP contribution in [0.1, 0.15) is 51.2 Å². The highest BCUT2D eigenvalue weighted by Crippen LogP contribution is 2.30. The van der Waals surface area contributed by atoms with Crippen LogP contribution in [0.3, 0.4) is 0 Å². The number of fused-ring (bicyclic) bond motifs is 3. The van der Waals surface area contributed by atoms with Crippen molar-refractivity contribution >= 4 is 33.1 Å². The van der Waals surface area contributed by atoms with Gasteiger partial charge in [-0.25, -0.2) is 0 Å². The second kappa shape index (κ2) is 9.54. The van der Waals surface area contributed by atoms with E-state index in [0.29, 0.717) is 6.54 Å². The zero-order chi connectivity index (χ0) is 19.2. The second-order valence-electron chi connectivity index (χ2n) is 7.44. The van der Waals surface area contributed by atoms with Crippen LogP contribution in [-0.4, -0.2) is 29.6 Å². The minimum atomic E-state index is -0.474. The zero-order valence-corrected chi connectivity index (χ0v) is 17.2. The summed E-state index contributed by atoms with van der Waals surface area (Å²) in [7, 11) is 0. The predicted octanol–water partition coefficient (Wildman–Crippen LogP) is 6.58. The van der Waals surface area contributed by atoms with Crippen molar-refractivity contribution in [1.82, 2.24) is 4.90 Å². The van der Waals surface area contributed by atoms with Crippen LogP contribution >= 0.6 is 11.6 Å². The fourth-order valence-electron chi connectivity index (χ4n) is 3.65. The lowest BCUT2D eigenvalue weighted by molar-refractivity contribution is 0.111. The van der Waals surface area contributed by atoms with Crippen molar-refractivity contribution in [1.29, 1.82) is 0 Å². The molecule has 0 saturated heterocycles. The molecule has 144 valence electrons. The number of hydrogen-bond acceptors (Lipinski definition) is 2. The summed E-state index contributed by atoms with van der Waals surface area (Å²) in [5.74, 6) is 0. The SMILES string of the molecule is CCCCN(CCCC)CC(O)c1ccc2ccc3ccc(Cl)cc3c2c1. The highest BCUT2D eigenvalue weighted by molar-refractivity contribution is 6.31. The van der Waals surface area contributed by atoms with Crippen molar-refractivity contribution in [2.24, 2.45) is 0 Å². The summed E-state index contributed by atoms with van der Waals surface area (Å²) in [5, 5.41) is 16.3. The van der Waals surface area contributed by atoms with Crippen molar-refractivity contribution in [2.75, 3.05) is 19.6 Å². The molecule has 0 heterocycles. The van der Waals surface area contributed by atoms with Gasteiger partial charge in [0, 0.05) is 11.6 Å². The van der Waals surface area contributed by atoms with E-state index in [1.54, 1.807) is 0 Å². The first-order chi connectivity index (χ1) is 13.1. The molecule has 3 aromatic rings. The molecule has 0 bridgehead atoms. The van der Waals surface area contributed by atoms with Crippen LogP contribution in [0, 0.1) is 0 Å². The predicted molar refractivity (Wildman–Crippen MR) is 118 cm³/mol. The Morgan fingerprint density at radius 1 is 0.852 bits per heavy atom. The van der Waals surface area contributed by atoms with E-state index in [2.05, 4.69) is 55.1 Å². The summed E-state index contributed by atoms with van der Waals surface area (Å²) < 4.78 is 0. The van der Waals surface area contributed by atoms with Gasteiger partial charge >= 0.3 is 0 Å². The summed E-state index contributed by atoms with van der Waals surface area (Å²) in [6.07, 6.45) is 4.25. The zero-order valence-electron chi connectivity index (χ0n) is 16.4. The molecule has 0 aliphatic carbocycles. The first-order valence-electron chi connectivity index (χ1n) is 10.1. The van der Waals surface area contributed by atoms with Gasteiger partial charge in [0.15, 0.2) is 0 Å². The van der Waals surface area contributed by atoms with E-state index in [4.69, 9.17) is 11.6 Å². The Bertz CT molecular complexity index is 884. The smallest absolute Gasteiger partial charge is 0.0917 e. The highest BCUT2D eigenvalue weighted by Gasteiger charge is 2.14. The number of aliphatic hydroxyl groups is 1. The summed E-state index contributed by atoms with van der Waals surface area (Å²) in [4.78, 5) is 2.40. The van der Waals surface area contributed by atoms with Crippen molar-refractivity contribution in [2.45, 2.75) is 45.6 Å². The average molecular weight is 384 g/mol. The third-order valence-corrected chi connectivity index (χ3v) is 5.53. The van der Waals surface area contributed by atoms with Crippen LogP contribution in [0.15, 0.2) is 48.5 Å². The van der Waals surface area contributed by atoms with Gasteiger partial charge < -0.3 is 10.0 Å². The van der Waals surface area contributed by atoms with Gasteiger partial charge in [-0.3, -0.25) is 0 Å². The monoisotopic (exact) mass is 383 g/mol. The van der Waals surface area contributed by atoms with E-state index in [0.717, 1.165) is 34.4 Å². The van der Waals surface area contributed by atoms with Crippen molar-refractivity contribution in [3.8, 4) is 0 Å². The molecule has 0 aromatic heterocycles. The van der Waals surface area contributed by atoms with Crippen LogP contribution in [0.5, 0.6) is 0 Å². The number of nitrogens with zero attached hydrogens (tertiary/aromatic N) is 1. The van der Waals surface area contributed by atoms with E-state index < -0.39 is 6.10 Å². The average Bonchev–Trinajstić information content (AvgIpc) is 2.69. The largest absolute Gasteiger partial charge is 0.387 e. The van der Waals surface area contributed by atoms with Gasteiger partial charge in [0.2, 0.25) is 0 Å². The van der Waals surface area contributed by atoms with E-state index in [1.807, 2.05) is 12.1 Å². The van der Waals surface area contributed by atoms with Gasteiger partial charge in [0.25, 0.3) is 0 Å². The van der Waals surface area contributed by atoms with Gasteiger partial charge in [0.1, 0.15) is 0 Å². The molecule has 0 saturated carbocycles. The van der Waals surface area contributed by atoms with Crippen LogP contribution in [-0.2, 0) is 0 Å². The van der Waals surface area contributed by atoms with Gasteiger partial charge in [-0.05, 0) is 71.2 Å². The number of halogens is 1. The maximum absolute atomic E-state index is 10.9. The number of hydrogen-bond donors (Lipinski definition) is 1. The van der Waals surface area contributed by atoms with Crippen LogP contribution in [0.2, 0.25) is 5.02 Å². The number of benzene rings is 3. The molecule has 0 aliphatic rings. The molecule has 3 rings (SSSR count). The standard InChI is InChI=1S/C24H30ClNO/c1-3-5-13-26(14-6-4-2)17-24(27)20-10-9-18-7-8-19-11-12-21(25)16-23(19)22(18)15-20/h7-12,15-16,24,27H,3-6,13-14,17H2,1-2H3. The molecule has 1 unspecified atom stereocenters. The number of aliphatic hydroxyl groups excluding tert-OH is 1. The Balaban J connectivity index is 1.88. The Morgan fingerprint density at radius 3 is 2.04 bits per heavy atom. The van der Waals surface area contributed by atoms with Crippen molar-refractivity contribution < 1.29 is 5.11 Å². The molecule has 3 aromatic carbocycles. The minimum Gasteiger partial charge on any atom is -0.387 e. The summed E-state index contributed by atoms with van der Waals surface area (Å²) in [6.45, 7) is 7.23. The normalized spacial score (nSPS) is 12.9. The molecule has 1 atom stereocenters. The minimum absolute atomic E-state index is 0.474. The summed E-state index contributed by atoms with van der Waals surface area (Å²) in [6, 6.07) is 16.6. The Morgan fingerprint density at radius 2 is 1.41 bits per heavy atom. The quantitative estimate of drug-likeness (QED) is 0.421. The first kappa shape index (κ1) is 20.1. The molecule has 0 radical (unpaired) electrons. The Labute approximate surface area is 167 Å². The van der Waals surface area contributed by atoms with Crippen molar-refractivity contribution in [3.63, 3.8) is 0 Å². The Hall–Kier alpha value is -1.61.